The molecule has 4 rings (SSSR count). The predicted molar refractivity (Wildman–Crippen MR) is 111 cm³/mol. The van der Waals surface area contributed by atoms with Gasteiger partial charge in [-0.2, -0.15) is 0 Å². The molecule has 0 aliphatic heterocycles. The fourth-order valence-electron chi connectivity index (χ4n) is 3.33. The minimum atomic E-state index is 0.251. The molecule has 0 aliphatic rings. The molecule has 0 spiro atoms. The monoisotopic (exact) mass is 387 g/mol. The number of aromatic nitrogens is 3. The Morgan fingerprint density at radius 3 is 2.66 bits per heavy atom. The second kappa shape index (κ2) is 8.65. The molecule has 3 aromatic heterocycles. The summed E-state index contributed by atoms with van der Waals surface area (Å²) in [7, 11) is 0. The number of imidazole rings is 1. The van der Waals surface area contributed by atoms with E-state index in [1.165, 1.54) is 0 Å². The van der Waals surface area contributed by atoms with Gasteiger partial charge in [0.2, 0.25) is 13.1 Å². The van der Waals surface area contributed by atoms with Gasteiger partial charge in [0.25, 0.3) is 0 Å². The van der Waals surface area contributed by atoms with Crippen LogP contribution >= 0.6 is 0 Å². The number of hydrogen-bond donors (Lipinski definition) is 0. The molecule has 6 heteroatoms. The van der Waals surface area contributed by atoms with Gasteiger partial charge in [-0.3, -0.25) is 4.98 Å². The van der Waals surface area contributed by atoms with Crippen LogP contribution in [0.4, 0.5) is 0 Å². The molecule has 0 N–H and O–H groups in total. The van der Waals surface area contributed by atoms with Crippen molar-refractivity contribution in [2.45, 2.75) is 26.4 Å². The lowest BCUT2D eigenvalue weighted by Crippen LogP contribution is -2.07. The van der Waals surface area contributed by atoms with E-state index in [2.05, 4.69) is 9.97 Å². The summed E-state index contributed by atoms with van der Waals surface area (Å²) in [6.45, 7) is 3.17. The molecule has 0 saturated heterocycles. The minimum absolute atomic E-state index is 0.251. The number of ether oxygens (including phenoxy) is 1. The van der Waals surface area contributed by atoms with Gasteiger partial charge in [0.1, 0.15) is 17.1 Å². The largest absolute Gasteiger partial charge is 0.492 e. The van der Waals surface area contributed by atoms with E-state index < -0.39 is 0 Å². The van der Waals surface area contributed by atoms with E-state index in [4.69, 9.17) is 4.74 Å². The molecule has 146 valence electrons. The summed E-state index contributed by atoms with van der Waals surface area (Å²) < 4.78 is 8.66. The van der Waals surface area contributed by atoms with E-state index in [0.717, 1.165) is 38.7 Å². The fourth-order valence-corrected chi connectivity index (χ4v) is 3.33. The Balaban J connectivity index is 1.48. The standard InChI is InChI=1S/C23H23N4O2/c1-2-29-22-9-6-12-24-21(22)13-19-10-11-23-25-20(16-26(23)14-19)17-27(28)15-18-7-4-3-5-8-18/h3-12,14,16H,2,13,15,17H2,1H3/q+1. The van der Waals surface area contributed by atoms with Gasteiger partial charge in [-0.1, -0.05) is 36.4 Å². The van der Waals surface area contributed by atoms with Crippen molar-refractivity contribution in [2.75, 3.05) is 6.61 Å². The van der Waals surface area contributed by atoms with Crippen molar-refractivity contribution >= 4 is 5.65 Å². The van der Waals surface area contributed by atoms with Gasteiger partial charge in [-0.05, 0) is 30.7 Å². The first-order valence-electron chi connectivity index (χ1n) is 9.70. The maximum absolute atomic E-state index is 12.3. The quantitative estimate of drug-likeness (QED) is 0.425. The summed E-state index contributed by atoms with van der Waals surface area (Å²) in [6.07, 6.45) is 6.39. The lowest BCUT2D eigenvalue weighted by atomic mass is 10.1. The molecule has 6 nitrogen and oxygen atoms in total. The normalized spacial score (nSPS) is 10.9. The molecule has 4 aromatic rings. The number of pyridine rings is 2. The van der Waals surface area contributed by atoms with E-state index in [1.54, 1.807) is 6.20 Å². The van der Waals surface area contributed by atoms with Gasteiger partial charge < -0.3 is 9.14 Å². The SMILES string of the molecule is CCOc1cccnc1Cc1ccc2nc(C[N+](=O)Cc3ccccc3)cn2c1. The van der Waals surface area contributed by atoms with Crippen molar-refractivity contribution < 1.29 is 9.50 Å². The molecular weight excluding hydrogens is 364 g/mol. The summed E-state index contributed by atoms with van der Waals surface area (Å²) >= 11 is 0. The molecule has 29 heavy (non-hydrogen) atoms. The van der Waals surface area contributed by atoms with Crippen molar-refractivity contribution in [1.82, 2.24) is 14.4 Å². The molecule has 0 bridgehead atoms. The van der Waals surface area contributed by atoms with Gasteiger partial charge in [-0.25, -0.2) is 4.98 Å². The molecule has 0 atom stereocenters. The zero-order valence-electron chi connectivity index (χ0n) is 16.4. The van der Waals surface area contributed by atoms with Crippen molar-refractivity contribution in [3.05, 3.63) is 101 Å². The van der Waals surface area contributed by atoms with Crippen LogP contribution in [0.2, 0.25) is 0 Å². The van der Waals surface area contributed by atoms with E-state index in [0.29, 0.717) is 19.6 Å². The first-order chi connectivity index (χ1) is 14.2. The molecule has 0 radical (unpaired) electrons. The van der Waals surface area contributed by atoms with Crippen LogP contribution < -0.4 is 4.74 Å². The zero-order valence-corrected chi connectivity index (χ0v) is 16.4. The first-order valence-corrected chi connectivity index (χ1v) is 9.70. The Bertz CT molecular complexity index is 1120. The van der Waals surface area contributed by atoms with E-state index in [1.807, 2.05) is 78.3 Å². The highest BCUT2D eigenvalue weighted by atomic mass is 16.5. The van der Waals surface area contributed by atoms with E-state index in [-0.39, 0.29) is 6.54 Å². The smallest absolute Gasteiger partial charge is 0.235 e. The van der Waals surface area contributed by atoms with Gasteiger partial charge >= 0.3 is 0 Å². The highest BCUT2D eigenvalue weighted by Gasteiger charge is 2.14. The first kappa shape index (κ1) is 18.8. The second-order valence-corrected chi connectivity index (χ2v) is 6.88. The van der Waals surface area contributed by atoms with Crippen molar-refractivity contribution in [1.29, 1.82) is 0 Å². The summed E-state index contributed by atoms with van der Waals surface area (Å²) in [5.41, 5.74) is 4.57. The molecule has 0 amide bonds. The van der Waals surface area contributed by atoms with Gasteiger partial charge in [0.05, 0.1) is 12.3 Å². The summed E-state index contributed by atoms with van der Waals surface area (Å²) in [4.78, 5) is 21.3. The fraction of sp³-hybridized carbons (Fsp3) is 0.217. The average Bonchev–Trinajstić information content (AvgIpc) is 3.11. The maximum atomic E-state index is 12.3. The lowest BCUT2D eigenvalue weighted by molar-refractivity contribution is -0.580. The third-order valence-corrected chi connectivity index (χ3v) is 4.62. The van der Waals surface area contributed by atoms with Crippen molar-refractivity contribution in [3.63, 3.8) is 0 Å². The maximum Gasteiger partial charge on any atom is 0.235 e. The number of nitroso groups, excluding NO2 is 1. The van der Waals surface area contributed by atoms with Crippen molar-refractivity contribution in [2.24, 2.45) is 0 Å². The van der Waals surface area contributed by atoms with Crippen LogP contribution in [0.5, 0.6) is 5.75 Å². The highest BCUT2D eigenvalue weighted by molar-refractivity contribution is 5.42. The van der Waals surface area contributed by atoms with Crippen molar-refractivity contribution in [3.8, 4) is 5.75 Å². The number of rotatable bonds is 8. The van der Waals surface area contributed by atoms with Crippen LogP contribution in [0.3, 0.4) is 0 Å². The van der Waals surface area contributed by atoms with Gasteiger partial charge in [0, 0.05) is 40.2 Å². The van der Waals surface area contributed by atoms with E-state index >= 15 is 0 Å². The minimum Gasteiger partial charge on any atom is -0.492 e. The summed E-state index contributed by atoms with van der Waals surface area (Å²) in [5.74, 6) is 0.810. The molecular formula is C23H23N4O2+. The van der Waals surface area contributed by atoms with Gasteiger partial charge in [-0.15, -0.1) is 0 Å². The Labute approximate surface area is 169 Å². The second-order valence-electron chi connectivity index (χ2n) is 6.88. The average molecular weight is 387 g/mol. The van der Waals surface area contributed by atoms with Gasteiger partial charge in [0.15, 0.2) is 0 Å². The number of fused-ring (bicyclic) bond motifs is 1. The van der Waals surface area contributed by atoms with E-state index in [9.17, 15) is 4.91 Å². The van der Waals surface area contributed by atoms with Crippen LogP contribution in [-0.4, -0.2) is 25.7 Å². The lowest BCUT2D eigenvalue weighted by Gasteiger charge is -2.09. The Kier molecular flexibility index (Phi) is 5.61. The summed E-state index contributed by atoms with van der Waals surface area (Å²) in [5, 5.41) is 0. The van der Waals surface area contributed by atoms with Crippen LogP contribution in [0.15, 0.2) is 73.2 Å². The Morgan fingerprint density at radius 2 is 1.83 bits per heavy atom. The molecule has 0 unspecified atom stereocenters. The predicted octanol–water partition coefficient (Wildman–Crippen LogP) is 4.20. The van der Waals surface area contributed by atoms with Crippen LogP contribution in [0.25, 0.3) is 5.65 Å². The molecule has 0 fully saturated rings. The highest BCUT2D eigenvalue weighted by Crippen LogP contribution is 2.20. The Hall–Kier alpha value is -3.54. The number of benzene rings is 1. The Morgan fingerprint density at radius 1 is 0.966 bits per heavy atom. The third-order valence-electron chi connectivity index (χ3n) is 4.62. The number of nitrogens with zero attached hydrogens (tertiary/aromatic N) is 4. The molecule has 3 heterocycles. The third kappa shape index (κ3) is 4.66. The zero-order chi connectivity index (χ0) is 20.1. The summed E-state index contributed by atoms with van der Waals surface area (Å²) in [6, 6.07) is 17.6. The van der Waals surface area contributed by atoms with Crippen LogP contribution in [0, 0.1) is 4.91 Å². The topological polar surface area (TPSA) is 59.5 Å². The molecule has 0 aliphatic carbocycles. The van der Waals surface area contributed by atoms with Crippen LogP contribution in [0.1, 0.15) is 29.4 Å². The van der Waals surface area contributed by atoms with Crippen LogP contribution in [-0.2, 0) is 19.5 Å². The molecule has 0 saturated carbocycles. The molecule has 1 aromatic carbocycles. The number of hydrogen-bond acceptors (Lipinski definition) is 4.